The lowest BCUT2D eigenvalue weighted by Gasteiger charge is -2.21. The van der Waals surface area contributed by atoms with Gasteiger partial charge in [-0.3, -0.25) is 4.79 Å². The molecular weight excluding hydrogens is 326 g/mol. The quantitative estimate of drug-likeness (QED) is 0.697. The third-order valence-corrected chi connectivity index (χ3v) is 8.81. The van der Waals surface area contributed by atoms with Crippen LogP contribution in [0.15, 0.2) is 0 Å². The Morgan fingerprint density at radius 1 is 1.35 bits per heavy atom. The SMILES string of the molecule is CCCS(=O)(=O)C(=S)S(=O)(=O)C(C)(C#N)CCC(=O)O. The second-order valence-electron chi connectivity index (χ2n) is 4.31. The monoisotopic (exact) mass is 341 g/mol. The Balaban J connectivity index is 5.66. The average molecular weight is 341 g/mol. The number of rotatable bonds is 6. The van der Waals surface area contributed by atoms with Crippen molar-refractivity contribution in [2.45, 2.75) is 37.9 Å². The highest BCUT2D eigenvalue weighted by atomic mass is 32.3. The van der Waals surface area contributed by atoms with Crippen LogP contribution in [0.4, 0.5) is 0 Å². The molecule has 0 aliphatic carbocycles. The summed E-state index contributed by atoms with van der Waals surface area (Å²) < 4.78 is 44.5. The fourth-order valence-corrected chi connectivity index (χ4v) is 5.80. The van der Waals surface area contributed by atoms with Gasteiger partial charge in [-0.25, -0.2) is 16.8 Å². The van der Waals surface area contributed by atoms with Crippen molar-refractivity contribution in [1.29, 1.82) is 5.26 Å². The summed E-state index contributed by atoms with van der Waals surface area (Å²) in [5.74, 6) is -1.73. The summed E-state index contributed by atoms with van der Waals surface area (Å²) in [4.78, 5) is 10.5. The number of carboxylic acids is 1. The molecule has 114 valence electrons. The van der Waals surface area contributed by atoms with Crippen molar-refractivity contribution >= 4 is 41.4 Å². The van der Waals surface area contributed by atoms with Crippen LogP contribution in [-0.2, 0) is 24.5 Å². The zero-order valence-corrected chi connectivity index (χ0v) is 13.4. The van der Waals surface area contributed by atoms with Crippen molar-refractivity contribution < 1.29 is 26.7 Å². The highest BCUT2D eigenvalue weighted by Gasteiger charge is 2.46. The molecule has 0 spiro atoms. The number of hydrogen-bond donors (Lipinski definition) is 1. The Hall–Kier alpha value is -1.05. The number of hydrogen-bond acceptors (Lipinski definition) is 7. The van der Waals surface area contributed by atoms with Crippen LogP contribution < -0.4 is 0 Å². The first-order valence-electron chi connectivity index (χ1n) is 5.59. The summed E-state index contributed by atoms with van der Waals surface area (Å²) in [5.41, 5.74) is 0. The Morgan fingerprint density at radius 3 is 2.20 bits per heavy atom. The number of nitriles is 1. The summed E-state index contributed by atoms with van der Waals surface area (Å²) >= 11 is 4.51. The molecule has 0 fully saturated rings. The Labute approximate surface area is 123 Å². The van der Waals surface area contributed by atoms with Gasteiger partial charge in [0.25, 0.3) is 0 Å². The highest BCUT2D eigenvalue weighted by Crippen LogP contribution is 2.26. The number of nitrogens with zero attached hydrogens (tertiary/aromatic N) is 1. The lowest BCUT2D eigenvalue weighted by molar-refractivity contribution is -0.137. The first-order chi connectivity index (χ1) is 8.94. The van der Waals surface area contributed by atoms with Crippen LogP contribution in [-0.4, -0.2) is 41.9 Å². The van der Waals surface area contributed by atoms with Crippen LogP contribution in [0.2, 0.25) is 0 Å². The van der Waals surface area contributed by atoms with E-state index < -0.39 is 52.5 Å². The van der Waals surface area contributed by atoms with E-state index in [4.69, 9.17) is 10.4 Å². The van der Waals surface area contributed by atoms with Gasteiger partial charge in [-0.05, 0) is 19.8 Å². The predicted molar refractivity (Wildman–Crippen MR) is 76.5 cm³/mol. The summed E-state index contributed by atoms with van der Waals surface area (Å²) in [7, 11) is -8.76. The first kappa shape index (κ1) is 18.9. The normalized spacial score (nSPS) is 15.1. The molecule has 0 aromatic heterocycles. The molecule has 0 aromatic rings. The van der Waals surface area contributed by atoms with E-state index in [1.165, 1.54) is 6.07 Å². The van der Waals surface area contributed by atoms with E-state index >= 15 is 0 Å². The molecule has 0 radical (unpaired) electrons. The topological polar surface area (TPSA) is 129 Å². The molecule has 0 aliphatic heterocycles. The number of sulfone groups is 2. The van der Waals surface area contributed by atoms with Crippen molar-refractivity contribution in [3.05, 3.63) is 0 Å². The molecule has 10 heteroatoms. The van der Waals surface area contributed by atoms with E-state index in [1.807, 2.05) is 0 Å². The summed E-state index contributed by atoms with van der Waals surface area (Å²) in [6.45, 7) is 2.51. The van der Waals surface area contributed by atoms with Gasteiger partial charge in [0.15, 0.2) is 14.6 Å². The molecule has 0 bridgehead atoms. The minimum absolute atomic E-state index is 0.177. The third-order valence-electron chi connectivity index (χ3n) is 2.59. The first-order valence-corrected chi connectivity index (χ1v) is 9.13. The van der Waals surface area contributed by atoms with E-state index in [-0.39, 0.29) is 6.42 Å². The van der Waals surface area contributed by atoms with E-state index in [0.29, 0.717) is 0 Å². The predicted octanol–water partition coefficient (Wildman–Crippen LogP) is 0.658. The van der Waals surface area contributed by atoms with Gasteiger partial charge >= 0.3 is 5.97 Å². The second-order valence-corrected chi connectivity index (χ2v) is 9.85. The lowest BCUT2D eigenvalue weighted by atomic mass is 10.1. The molecule has 7 nitrogen and oxygen atoms in total. The summed E-state index contributed by atoms with van der Waals surface area (Å²) in [6.07, 6.45) is -0.945. The third kappa shape index (κ3) is 3.97. The molecule has 1 unspecified atom stereocenters. The number of carboxylic acid groups (broad SMARTS) is 1. The molecule has 0 saturated heterocycles. The van der Waals surface area contributed by atoms with Gasteiger partial charge in [-0.2, -0.15) is 5.26 Å². The molecule has 0 saturated carbocycles. The fraction of sp³-hybridized carbons (Fsp3) is 0.700. The molecule has 1 N–H and O–H groups in total. The molecular formula is C10H15NO6S3. The molecule has 0 aliphatic rings. The number of aliphatic carboxylic acids is 1. The van der Waals surface area contributed by atoms with Crippen molar-refractivity contribution in [2.75, 3.05) is 5.75 Å². The van der Waals surface area contributed by atoms with Crippen molar-refractivity contribution in [3.8, 4) is 6.07 Å². The molecule has 0 amide bonds. The van der Waals surface area contributed by atoms with Crippen LogP contribution in [0.3, 0.4) is 0 Å². The van der Waals surface area contributed by atoms with Crippen LogP contribution in [0.1, 0.15) is 33.1 Å². The van der Waals surface area contributed by atoms with Gasteiger partial charge < -0.3 is 5.11 Å². The maximum Gasteiger partial charge on any atom is 0.303 e. The van der Waals surface area contributed by atoms with E-state index in [9.17, 15) is 21.6 Å². The molecule has 0 heterocycles. The fourth-order valence-electron chi connectivity index (χ4n) is 1.30. The zero-order chi connectivity index (χ0) is 16.2. The maximum atomic E-state index is 12.2. The minimum atomic E-state index is -4.61. The average Bonchev–Trinajstić information content (AvgIpc) is 2.34. The smallest absolute Gasteiger partial charge is 0.303 e. The molecule has 1 atom stereocenters. The van der Waals surface area contributed by atoms with Crippen molar-refractivity contribution in [3.63, 3.8) is 0 Å². The second kappa shape index (κ2) is 6.60. The maximum absolute atomic E-state index is 12.2. The van der Waals surface area contributed by atoms with Crippen molar-refractivity contribution in [2.24, 2.45) is 0 Å². The van der Waals surface area contributed by atoms with Gasteiger partial charge in [-0.1, -0.05) is 19.1 Å². The number of thiocarbonyl (C=S) groups is 1. The highest BCUT2D eigenvalue weighted by molar-refractivity contribution is 8.41. The largest absolute Gasteiger partial charge is 0.481 e. The van der Waals surface area contributed by atoms with Gasteiger partial charge in [0.2, 0.25) is 13.4 Å². The van der Waals surface area contributed by atoms with Crippen LogP contribution >= 0.6 is 12.2 Å². The van der Waals surface area contributed by atoms with Gasteiger partial charge in [0.1, 0.15) is 0 Å². The van der Waals surface area contributed by atoms with Crippen LogP contribution in [0.5, 0.6) is 0 Å². The number of carbonyl (C=O) groups is 1. The summed E-state index contributed by atoms with van der Waals surface area (Å²) in [6, 6.07) is 1.47. The molecule has 20 heavy (non-hydrogen) atoms. The van der Waals surface area contributed by atoms with Crippen LogP contribution in [0.25, 0.3) is 0 Å². The summed E-state index contributed by atoms with van der Waals surface area (Å²) in [5, 5.41) is 17.6. The van der Waals surface area contributed by atoms with E-state index in [2.05, 4.69) is 12.2 Å². The molecule has 0 aromatic carbocycles. The van der Waals surface area contributed by atoms with Gasteiger partial charge in [-0.15, -0.1) is 0 Å². The molecule has 0 rings (SSSR count). The van der Waals surface area contributed by atoms with Crippen LogP contribution in [0, 0.1) is 11.3 Å². The zero-order valence-electron chi connectivity index (χ0n) is 11.0. The Bertz CT molecular complexity index is 643. The van der Waals surface area contributed by atoms with Crippen molar-refractivity contribution in [1.82, 2.24) is 0 Å². The minimum Gasteiger partial charge on any atom is -0.481 e. The van der Waals surface area contributed by atoms with Gasteiger partial charge in [0, 0.05) is 6.42 Å². The Kier molecular flexibility index (Phi) is 6.25. The Morgan fingerprint density at radius 2 is 1.85 bits per heavy atom. The standard InChI is InChI=1S/C10H15NO6S3/c1-3-6-19(14,15)9(18)20(16,17)10(2,7-11)5-4-8(12)13/h3-6H2,1-2H3,(H,12,13). The lowest BCUT2D eigenvalue weighted by Crippen LogP contribution is -2.41. The van der Waals surface area contributed by atoms with Gasteiger partial charge in [0.05, 0.1) is 11.8 Å². The van der Waals surface area contributed by atoms with E-state index in [1.54, 1.807) is 6.92 Å². The van der Waals surface area contributed by atoms with E-state index in [0.717, 1.165) is 6.92 Å².